The summed E-state index contributed by atoms with van der Waals surface area (Å²) in [5.41, 5.74) is 15.5. The molecule has 0 radical (unpaired) electrons. The number of ether oxygens (including phenoxy) is 1. The third-order valence-corrected chi connectivity index (χ3v) is 4.23. The molecule has 0 aromatic heterocycles. The van der Waals surface area contributed by atoms with E-state index in [0.29, 0.717) is 30.8 Å². The smallest absolute Gasteiger partial charge is 0.125 e. The molecule has 0 saturated heterocycles. The van der Waals surface area contributed by atoms with Crippen molar-refractivity contribution in [2.24, 2.45) is 23.3 Å². The summed E-state index contributed by atoms with van der Waals surface area (Å²) in [5, 5.41) is 0. The Balaban J connectivity index is 3.11. The summed E-state index contributed by atoms with van der Waals surface area (Å²) < 4.78 is 6.15. The number of nitrogens with two attached hydrogens (primary N) is 2. The zero-order valence-electron chi connectivity index (χ0n) is 15.0. The quantitative estimate of drug-likeness (QED) is 0.730. The van der Waals surface area contributed by atoms with Crippen LogP contribution in [0.3, 0.4) is 0 Å². The Labute approximate surface area is 136 Å². The third-order valence-electron chi connectivity index (χ3n) is 4.23. The molecule has 1 atom stereocenters. The van der Waals surface area contributed by atoms with Gasteiger partial charge in [0.25, 0.3) is 0 Å². The summed E-state index contributed by atoms with van der Waals surface area (Å²) in [6.07, 6.45) is 2.11. The first-order chi connectivity index (χ1) is 10.4. The molecule has 1 rings (SSSR count). The van der Waals surface area contributed by atoms with Crippen molar-refractivity contribution in [3.8, 4) is 5.75 Å². The largest absolute Gasteiger partial charge is 0.493 e. The summed E-state index contributed by atoms with van der Waals surface area (Å²) in [7, 11) is 0. The molecule has 4 N–H and O–H groups in total. The van der Waals surface area contributed by atoms with Gasteiger partial charge in [0.15, 0.2) is 0 Å². The lowest BCUT2D eigenvalue weighted by Crippen LogP contribution is -2.25. The Hall–Kier alpha value is -1.06. The number of hydrogen-bond acceptors (Lipinski definition) is 3. The second-order valence-corrected chi connectivity index (χ2v) is 6.88. The van der Waals surface area contributed by atoms with Crippen molar-refractivity contribution >= 4 is 0 Å². The highest BCUT2D eigenvalue weighted by Gasteiger charge is 2.20. The van der Waals surface area contributed by atoms with Gasteiger partial charge in [-0.15, -0.1) is 0 Å². The minimum absolute atomic E-state index is 0.378. The molecule has 126 valence electrons. The van der Waals surface area contributed by atoms with Crippen LogP contribution >= 0.6 is 0 Å². The van der Waals surface area contributed by atoms with Gasteiger partial charge in [-0.05, 0) is 68.7 Å². The van der Waals surface area contributed by atoms with E-state index in [4.69, 9.17) is 16.2 Å². The summed E-state index contributed by atoms with van der Waals surface area (Å²) in [6.45, 7) is 12.9. The highest BCUT2D eigenvalue weighted by atomic mass is 16.5. The van der Waals surface area contributed by atoms with Crippen LogP contribution in [0.5, 0.6) is 5.75 Å². The molecule has 0 heterocycles. The third kappa shape index (κ3) is 5.29. The van der Waals surface area contributed by atoms with Gasteiger partial charge < -0.3 is 16.2 Å². The Kier molecular flexibility index (Phi) is 7.91. The van der Waals surface area contributed by atoms with Crippen LogP contribution in [-0.4, -0.2) is 19.7 Å². The fourth-order valence-electron chi connectivity index (χ4n) is 2.94. The first-order valence-electron chi connectivity index (χ1n) is 8.56. The molecule has 1 aromatic carbocycles. The molecule has 0 bridgehead atoms. The molecular weight excluding hydrogens is 272 g/mol. The predicted octanol–water partition coefficient (Wildman–Crippen LogP) is 3.76. The van der Waals surface area contributed by atoms with Gasteiger partial charge in [-0.2, -0.15) is 0 Å². The van der Waals surface area contributed by atoms with Gasteiger partial charge in [-0.25, -0.2) is 0 Å². The highest BCUT2D eigenvalue weighted by molar-refractivity contribution is 5.45. The van der Waals surface area contributed by atoms with E-state index in [-0.39, 0.29) is 0 Å². The lowest BCUT2D eigenvalue weighted by Gasteiger charge is -2.25. The summed E-state index contributed by atoms with van der Waals surface area (Å²) >= 11 is 0. The maximum absolute atomic E-state index is 6.15. The second-order valence-electron chi connectivity index (χ2n) is 6.88. The molecule has 1 aromatic rings. The van der Waals surface area contributed by atoms with E-state index in [1.54, 1.807) is 0 Å². The SMILES string of the molecule is CCC(CC(CN)CN)c1cc(C)cc(C)c1OCC(C)C. The van der Waals surface area contributed by atoms with E-state index in [1.807, 2.05) is 0 Å². The number of benzene rings is 1. The molecule has 22 heavy (non-hydrogen) atoms. The van der Waals surface area contributed by atoms with Crippen LogP contribution in [0.4, 0.5) is 0 Å². The van der Waals surface area contributed by atoms with Gasteiger partial charge in [0.1, 0.15) is 5.75 Å². The Morgan fingerprint density at radius 3 is 2.23 bits per heavy atom. The molecule has 0 fully saturated rings. The van der Waals surface area contributed by atoms with Crippen LogP contribution in [0.2, 0.25) is 0 Å². The van der Waals surface area contributed by atoms with Gasteiger partial charge >= 0.3 is 0 Å². The van der Waals surface area contributed by atoms with Gasteiger partial charge in [0.05, 0.1) is 6.61 Å². The summed E-state index contributed by atoms with van der Waals surface area (Å²) in [5.74, 6) is 2.43. The molecule has 0 aliphatic heterocycles. The topological polar surface area (TPSA) is 61.3 Å². The molecule has 3 nitrogen and oxygen atoms in total. The fourth-order valence-corrected chi connectivity index (χ4v) is 2.94. The lowest BCUT2D eigenvalue weighted by atomic mass is 9.85. The van der Waals surface area contributed by atoms with Gasteiger partial charge in [0, 0.05) is 0 Å². The minimum Gasteiger partial charge on any atom is -0.493 e. The van der Waals surface area contributed by atoms with E-state index in [2.05, 4.69) is 46.8 Å². The first kappa shape index (κ1) is 19.0. The van der Waals surface area contributed by atoms with Crippen LogP contribution in [0.15, 0.2) is 12.1 Å². The standard InChI is InChI=1S/C19H34N2O/c1-6-17(9-16(10-20)11-21)18-8-14(4)7-15(5)19(18)22-12-13(2)3/h7-8,13,16-17H,6,9-12,20-21H2,1-5H3. The molecule has 0 amide bonds. The van der Waals surface area contributed by atoms with E-state index in [9.17, 15) is 0 Å². The molecule has 1 unspecified atom stereocenters. The van der Waals surface area contributed by atoms with Crippen LogP contribution in [-0.2, 0) is 0 Å². The van der Waals surface area contributed by atoms with Gasteiger partial charge in [-0.1, -0.05) is 38.5 Å². The molecular formula is C19H34N2O. The van der Waals surface area contributed by atoms with Crippen LogP contribution in [0.1, 0.15) is 56.2 Å². The molecule has 0 aliphatic carbocycles. The van der Waals surface area contributed by atoms with Crippen LogP contribution in [0, 0.1) is 25.7 Å². The zero-order valence-corrected chi connectivity index (χ0v) is 15.0. The van der Waals surface area contributed by atoms with Gasteiger partial charge in [-0.3, -0.25) is 0 Å². The van der Waals surface area contributed by atoms with Gasteiger partial charge in [0.2, 0.25) is 0 Å². The van der Waals surface area contributed by atoms with Crippen LogP contribution < -0.4 is 16.2 Å². The Morgan fingerprint density at radius 1 is 1.09 bits per heavy atom. The van der Waals surface area contributed by atoms with E-state index in [0.717, 1.165) is 25.2 Å². The lowest BCUT2D eigenvalue weighted by molar-refractivity contribution is 0.264. The van der Waals surface area contributed by atoms with Crippen molar-refractivity contribution in [1.82, 2.24) is 0 Å². The summed E-state index contributed by atoms with van der Waals surface area (Å²) in [6, 6.07) is 4.48. The van der Waals surface area contributed by atoms with Crippen LogP contribution in [0.25, 0.3) is 0 Å². The molecule has 0 aliphatic rings. The van der Waals surface area contributed by atoms with Crippen molar-refractivity contribution in [3.63, 3.8) is 0 Å². The monoisotopic (exact) mass is 306 g/mol. The van der Waals surface area contributed by atoms with Crippen molar-refractivity contribution in [2.45, 2.75) is 53.4 Å². The highest BCUT2D eigenvalue weighted by Crippen LogP contribution is 2.36. The Bertz CT molecular complexity index is 453. The number of rotatable bonds is 9. The van der Waals surface area contributed by atoms with Crippen molar-refractivity contribution < 1.29 is 4.74 Å². The first-order valence-corrected chi connectivity index (χ1v) is 8.56. The second kappa shape index (κ2) is 9.16. The average Bonchev–Trinajstić information content (AvgIpc) is 2.47. The van der Waals surface area contributed by atoms with Crippen molar-refractivity contribution in [3.05, 3.63) is 28.8 Å². The molecule has 3 heteroatoms. The Morgan fingerprint density at radius 2 is 1.73 bits per heavy atom. The predicted molar refractivity (Wildman–Crippen MR) is 95.5 cm³/mol. The fraction of sp³-hybridized carbons (Fsp3) is 0.684. The zero-order chi connectivity index (χ0) is 16.7. The minimum atomic E-state index is 0.378. The summed E-state index contributed by atoms with van der Waals surface area (Å²) in [4.78, 5) is 0. The molecule has 0 spiro atoms. The van der Waals surface area contributed by atoms with Crippen molar-refractivity contribution in [1.29, 1.82) is 0 Å². The van der Waals surface area contributed by atoms with E-state index >= 15 is 0 Å². The number of aryl methyl sites for hydroxylation is 2. The maximum atomic E-state index is 6.15. The maximum Gasteiger partial charge on any atom is 0.125 e. The van der Waals surface area contributed by atoms with E-state index < -0.39 is 0 Å². The average molecular weight is 306 g/mol. The van der Waals surface area contributed by atoms with Crippen molar-refractivity contribution in [2.75, 3.05) is 19.7 Å². The van der Waals surface area contributed by atoms with E-state index in [1.165, 1.54) is 16.7 Å². The normalized spacial score (nSPS) is 13.0. The molecule has 0 saturated carbocycles. The number of hydrogen-bond donors (Lipinski definition) is 2.